The third-order valence-electron chi connectivity index (χ3n) is 3.23. The van der Waals surface area contributed by atoms with Crippen molar-refractivity contribution in [3.05, 3.63) is 16.1 Å². The van der Waals surface area contributed by atoms with Gasteiger partial charge in [0.2, 0.25) is 0 Å². The van der Waals surface area contributed by atoms with Crippen molar-refractivity contribution in [1.82, 2.24) is 9.88 Å². The van der Waals surface area contributed by atoms with Crippen LogP contribution < -0.4 is 5.73 Å². The summed E-state index contributed by atoms with van der Waals surface area (Å²) in [5.74, 6) is -0.0580. The molecule has 2 N–H and O–H groups in total. The van der Waals surface area contributed by atoms with Crippen LogP contribution in [0.1, 0.15) is 47.7 Å². The van der Waals surface area contributed by atoms with Gasteiger partial charge in [-0.2, -0.15) is 0 Å². The lowest BCUT2D eigenvalue weighted by atomic mass is 10.1. The van der Waals surface area contributed by atoms with Crippen LogP contribution in [0.4, 0.5) is 0 Å². The number of hydrogen-bond donors (Lipinski definition) is 1. The Morgan fingerprint density at radius 3 is 3.05 bits per heavy atom. The third-order valence-corrected chi connectivity index (χ3v) is 4.27. The first-order valence-corrected chi connectivity index (χ1v) is 7.54. The van der Waals surface area contributed by atoms with E-state index in [1.165, 1.54) is 17.8 Å². The highest BCUT2D eigenvalue weighted by Gasteiger charge is 2.21. The highest BCUT2D eigenvalue weighted by molar-refractivity contribution is 7.09. The molecule has 1 amide bonds. The first-order chi connectivity index (χ1) is 9.08. The molecule has 6 heteroatoms. The Morgan fingerprint density at radius 1 is 1.68 bits per heavy atom. The fourth-order valence-electron chi connectivity index (χ4n) is 2.13. The molecular formula is C13H21N3O2S. The van der Waals surface area contributed by atoms with E-state index in [0.717, 1.165) is 24.5 Å². The van der Waals surface area contributed by atoms with Gasteiger partial charge in [-0.3, -0.25) is 4.79 Å². The summed E-state index contributed by atoms with van der Waals surface area (Å²) in [5.41, 5.74) is 6.24. The molecule has 2 unspecified atom stereocenters. The molecule has 0 aromatic carbocycles. The zero-order valence-corrected chi connectivity index (χ0v) is 12.3. The lowest BCUT2D eigenvalue weighted by Crippen LogP contribution is -2.37. The van der Waals surface area contributed by atoms with Gasteiger partial charge in [-0.05, 0) is 26.2 Å². The molecule has 0 aliphatic carbocycles. The predicted molar refractivity (Wildman–Crippen MR) is 75.3 cm³/mol. The molecule has 0 saturated carbocycles. The van der Waals surface area contributed by atoms with Crippen LogP contribution in [0.25, 0.3) is 0 Å². The number of rotatable bonds is 4. The minimum Gasteiger partial charge on any atom is -0.376 e. The normalized spacial score (nSPS) is 21.1. The monoisotopic (exact) mass is 283 g/mol. The second-order valence-electron chi connectivity index (χ2n) is 5.03. The van der Waals surface area contributed by atoms with Crippen molar-refractivity contribution >= 4 is 17.2 Å². The summed E-state index contributed by atoms with van der Waals surface area (Å²) in [5, 5.41) is 2.57. The Labute approximate surface area is 117 Å². The van der Waals surface area contributed by atoms with Crippen LogP contribution in [-0.4, -0.2) is 42.1 Å². The molecule has 2 rings (SSSR count). The standard InChI is InChI=1S/C13H21N3O2S/c1-9(14)12-15-11(8-19-12)13(17)16(2)7-10-5-3-4-6-18-10/h8-10H,3-7,14H2,1-2H3. The second kappa shape index (κ2) is 6.45. The number of nitrogens with zero attached hydrogens (tertiary/aromatic N) is 2. The smallest absolute Gasteiger partial charge is 0.273 e. The fraction of sp³-hybridized carbons (Fsp3) is 0.692. The van der Waals surface area contributed by atoms with E-state index in [1.807, 2.05) is 6.92 Å². The number of carbonyl (C=O) groups is 1. The molecule has 19 heavy (non-hydrogen) atoms. The SMILES string of the molecule is CC(N)c1nc(C(=O)N(C)CC2CCCCO2)cs1. The number of thiazole rings is 1. The maximum atomic E-state index is 12.2. The fourth-order valence-corrected chi connectivity index (χ4v) is 2.88. The first kappa shape index (κ1) is 14.4. The largest absolute Gasteiger partial charge is 0.376 e. The van der Waals surface area contributed by atoms with Crippen molar-refractivity contribution in [2.24, 2.45) is 5.73 Å². The molecule has 1 aromatic rings. The molecule has 106 valence electrons. The van der Waals surface area contributed by atoms with Crippen LogP contribution >= 0.6 is 11.3 Å². The summed E-state index contributed by atoms with van der Waals surface area (Å²) in [7, 11) is 1.80. The third kappa shape index (κ3) is 3.75. The molecule has 0 bridgehead atoms. The summed E-state index contributed by atoms with van der Waals surface area (Å²) in [6, 6.07) is -0.126. The van der Waals surface area contributed by atoms with Crippen LogP contribution in [0, 0.1) is 0 Å². The lowest BCUT2D eigenvalue weighted by Gasteiger charge is -2.27. The van der Waals surface area contributed by atoms with Crippen molar-refractivity contribution in [3.63, 3.8) is 0 Å². The molecule has 0 spiro atoms. The van der Waals surface area contributed by atoms with E-state index in [0.29, 0.717) is 12.2 Å². The number of nitrogens with two attached hydrogens (primary N) is 1. The van der Waals surface area contributed by atoms with Gasteiger partial charge in [0.1, 0.15) is 10.7 Å². The molecule has 0 radical (unpaired) electrons. The van der Waals surface area contributed by atoms with E-state index in [9.17, 15) is 4.79 Å². The Hall–Kier alpha value is -0.980. The highest BCUT2D eigenvalue weighted by atomic mass is 32.1. The van der Waals surface area contributed by atoms with Crippen LogP contribution in [-0.2, 0) is 4.74 Å². The first-order valence-electron chi connectivity index (χ1n) is 6.66. The van der Waals surface area contributed by atoms with E-state index in [2.05, 4.69) is 4.98 Å². The van der Waals surface area contributed by atoms with Gasteiger partial charge in [-0.15, -0.1) is 11.3 Å². The average molecular weight is 283 g/mol. The second-order valence-corrected chi connectivity index (χ2v) is 5.92. The van der Waals surface area contributed by atoms with Crippen LogP contribution in [0.15, 0.2) is 5.38 Å². The molecule has 1 aliphatic rings. The van der Waals surface area contributed by atoms with Crippen molar-refractivity contribution in [1.29, 1.82) is 0 Å². The van der Waals surface area contributed by atoms with E-state index >= 15 is 0 Å². The van der Waals surface area contributed by atoms with Gasteiger partial charge >= 0.3 is 0 Å². The van der Waals surface area contributed by atoms with E-state index < -0.39 is 0 Å². The summed E-state index contributed by atoms with van der Waals surface area (Å²) in [6.45, 7) is 3.30. The van der Waals surface area contributed by atoms with E-state index in [-0.39, 0.29) is 18.1 Å². The number of hydrogen-bond acceptors (Lipinski definition) is 5. The molecule has 2 atom stereocenters. The Bertz CT molecular complexity index is 427. The van der Waals surface area contributed by atoms with Gasteiger partial charge in [0.05, 0.1) is 12.1 Å². The zero-order valence-electron chi connectivity index (χ0n) is 11.5. The Balaban J connectivity index is 1.93. The summed E-state index contributed by atoms with van der Waals surface area (Å²) in [4.78, 5) is 18.2. The highest BCUT2D eigenvalue weighted by Crippen LogP contribution is 2.18. The number of ether oxygens (including phenoxy) is 1. The van der Waals surface area contributed by atoms with Gasteiger partial charge in [0.15, 0.2) is 0 Å². The van der Waals surface area contributed by atoms with Crippen LogP contribution in [0.3, 0.4) is 0 Å². The van der Waals surface area contributed by atoms with Gasteiger partial charge in [0.25, 0.3) is 5.91 Å². The Morgan fingerprint density at radius 2 is 2.47 bits per heavy atom. The van der Waals surface area contributed by atoms with E-state index in [1.54, 1.807) is 17.3 Å². The van der Waals surface area contributed by atoms with Crippen molar-refractivity contribution in [2.45, 2.75) is 38.3 Å². The maximum Gasteiger partial charge on any atom is 0.273 e. The number of aromatic nitrogens is 1. The van der Waals surface area contributed by atoms with Crippen molar-refractivity contribution in [3.8, 4) is 0 Å². The number of carbonyl (C=O) groups excluding carboxylic acids is 1. The molecule has 2 heterocycles. The van der Waals surface area contributed by atoms with Gasteiger partial charge in [0, 0.05) is 25.6 Å². The molecule has 1 fully saturated rings. The Kier molecular flexibility index (Phi) is 4.90. The number of likely N-dealkylation sites (N-methyl/N-ethyl adjacent to an activating group) is 1. The molecule has 1 aliphatic heterocycles. The number of amides is 1. The summed E-state index contributed by atoms with van der Waals surface area (Å²) in [6.07, 6.45) is 3.49. The lowest BCUT2D eigenvalue weighted by molar-refractivity contribution is -0.000279. The van der Waals surface area contributed by atoms with Gasteiger partial charge in [-0.25, -0.2) is 4.98 Å². The molecule has 1 aromatic heterocycles. The maximum absolute atomic E-state index is 12.2. The van der Waals surface area contributed by atoms with Gasteiger partial charge in [-0.1, -0.05) is 0 Å². The average Bonchev–Trinajstić information content (AvgIpc) is 2.88. The topological polar surface area (TPSA) is 68.5 Å². The van der Waals surface area contributed by atoms with Crippen LogP contribution in [0.5, 0.6) is 0 Å². The van der Waals surface area contributed by atoms with Crippen LogP contribution in [0.2, 0.25) is 0 Å². The molecule has 1 saturated heterocycles. The van der Waals surface area contributed by atoms with Crippen molar-refractivity contribution < 1.29 is 9.53 Å². The zero-order chi connectivity index (χ0) is 13.8. The molecular weight excluding hydrogens is 262 g/mol. The minimum absolute atomic E-state index is 0.0580. The summed E-state index contributed by atoms with van der Waals surface area (Å²) >= 11 is 1.43. The van der Waals surface area contributed by atoms with E-state index in [4.69, 9.17) is 10.5 Å². The summed E-state index contributed by atoms with van der Waals surface area (Å²) < 4.78 is 5.65. The predicted octanol–water partition coefficient (Wildman–Crippen LogP) is 1.80. The minimum atomic E-state index is -0.126. The molecule has 5 nitrogen and oxygen atoms in total. The van der Waals surface area contributed by atoms with Crippen molar-refractivity contribution in [2.75, 3.05) is 20.2 Å². The quantitative estimate of drug-likeness (QED) is 0.915. The van der Waals surface area contributed by atoms with Gasteiger partial charge < -0.3 is 15.4 Å².